The summed E-state index contributed by atoms with van der Waals surface area (Å²) in [6.45, 7) is 8.50. The van der Waals surface area contributed by atoms with E-state index in [1.54, 1.807) is 0 Å². The van der Waals surface area contributed by atoms with Gasteiger partial charge in [0.25, 0.3) is 0 Å². The van der Waals surface area contributed by atoms with Crippen molar-refractivity contribution in [3.05, 3.63) is 56.1 Å². The number of carbonyl (C=O) groups excluding carboxylic acids is 1. The number of furan rings is 1. The first kappa shape index (κ1) is 21.4. The van der Waals surface area contributed by atoms with Gasteiger partial charge in [0, 0.05) is 34.9 Å². The first-order valence-corrected chi connectivity index (χ1v) is 11.3. The number of carbonyl (C=O) groups is 1. The molecule has 0 radical (unpaired) electrons. The van der Waals surface area contributed by atoms with Crippen molar-refractivity contribution in [1.29, 1.82) is 0 Å². The maximum absolute atomic E-state index is 12.7. The van der Waals surface area contributed by atoms with Crippen molar-refractivity contribution in [2.45, 2.75) is 72.6 Å². The van der Waals surface area contributed by atoms with E-state index in [0.29, 0.717) is 24.1 Å². The van der Waals surface area contributed by atoms with Crippen LogP contribution < -0.4 is 10.9 Å². The Labute approximate surface area is 182 Å². The summed E-state index contributed by atoms with van der Waals surface area (Å²) >= 11 is 0. The minimum Gasteiger partial charge on any atom is -0.461 e. The minimum absolute atomic E-state index is 0.0248. The van der Waals surface area contributed by atoms with Gasteiger partial charge in [-0.05, 0) is 83.4 Å². The van der Waals surface area contributed by atoms with Crippen LogP contribution in [0.2, 0.25) is 0 Å². The molecule has 0 saturated carbocycles. The van der Waals surface area contributed by atoms with Crippen LogP contribution in [-0.2, 0) is 11.2 Å². The summed E-state index contributed by atoms with van der Waals surface area (Å²) in [5.41, 5.74) is 5.81. The molecule has 3 aromatic rings. The van der Waals surface area contributed by atoms with Gasteiger partial charge in [-0.2, -0.15) is 0 Å². The summed E-state index contributed by atoms with van der Waals surface area (Å²) in [6, 6.07) is 2.04. The molecule has 5 heteroatoms. The molecule has 0 saturated heterocycles. The van der Waals surface area contributed by atoms with Gasteiger partial charge in [-0.3, -0.25) is 4.79 Å². The highest BCUT2D eigenvalue weighted by atomic mass is 16.4. The molecule has 0 spiro atoms. The van der Waals surface area contributed by atoms with E-state index in [2.05, 4.69) is 11.4 Å². The molecule has 1 N–H and O–H groups in total. The fourth-order valence-electron chi connectivity index (χ4n) is 4.60. The summed E-state index contributed by atoms with van der Waals surface area (Å²) in [4.78, 5) is 25.1. The van der Waals surface area contributed by atoms with Gasteiger partial charge in [-0.15, -0.1) is 0 Å². The summed E-state index contributed by atoms with van der Waals surface area (Å²) < 4.78 is 11.6. The molecule has 2 aromatic heterocycles. The summed E-state index contributed by atoms with van der Waals surface area (Å²) in [6.07, 6.45) is 8.71. The van der Waals surface area contributed by atoms with Crippen molar-refractivity contribution in [1.82, 2.24) is 5.32 Å². The predicted octanol–water partition coefficient (Wildman–Crippen LogP) is 5.71. The number of rotatable bonds is 6. The molecule has 31 heavy (non-hydrogen) atoms. The Morgan fingerprint density at radius 2 is 1.71 bits per heavy atom. The quantitative estimate of drug-likeness (QED) is 0.409. The first-order valence-electron chi connectivity index (χ1n) is 11.3. The molecule has 1 aliphatic carbocycles. The zero-order valence-electron chi connectivity index (χ0n) is 18.9. The molecule has 0 atom stereocenters. The van der Waals surface area contributed by atoms with Gasteiger partial charge in [-0.1, -0.05) is 11.6 Å². The van der Waals surface area contributed by atoms with Gasteiger partial charge >= 0.3 is 5.63 Å². The van der Waals surface area contributed by atoms with Gasteiger partial charge < -0.3 is 14.2 Å². The van der Waals surface area contributed by atoms with Crippen molar-refractivity contribution in [3.63, 3.8) is 0 Å². The molecule has 164 valence electrons. The molecular weight excluding hydrogens is 390 g/mol. The number of hydrogen-bond acceptors (Lipinski definition) is 4. The van der Waals surface area contributed by atoms with E-state index in [4.69, 9.17) is 8.83 Å². The van der Waals surface area contributed by atoms with Crippen molar-refractivity contribution < 1.29 is 13.6 Å². The van der Waals surface area contributed by atoms with Gasteiger partial charge in [0.1, 0.15) is 16.9 Å². The Bertz CT molecular complexity index is 1240. The van der Waals surface area contributed by atoms with E-state index in [9.17, 15) is 9.59 Å². The van der Waals surface area contributed by atoms with E-state index in [-0.39, 0.29) is 18.0 Å². The van der Waals surface area contributed by atoms with Crippen LogP contribution in [0.5, 0.6) is 0 Å². The zero-order valence-corrected chi connectivity index (χ0v) is 18.9. The molecule has 5 nitrogen and oxygen atoms in total. The average Bonchev–Trinajstić information content (AvgIpc) is 3.04. The van der Waals surface area contributed by atoms with Gasteiger partial charge in [0.2, 0.25) is 5.91 Å². The molecule has 1 aromatic carbocycles. The van der Waals surface area contributed by atoms with E-state index in [1.165, 1.54) is 18.4 Å². The second kappa shape index (κ2) is 8.74. The number of hydrogen-bond donors (Lipinski definition) is 1. The number of benzene rings is 1. The molecule has 0 aliphatic heterocycles. The molecule has 0 bridgehead atoms. The number of amides is 1. The van der Waals surface area contributed by atoms with E-state index < -0.39 is 0 Å². The highest BCUT2D eigenvalue weighted by molar-refractivity contribution is 6.00. The highest BCUT2D eigenvalue weighted by Crippen LogP contribution is 2.34. The SMILES string of the molecule is Cc1oc2c(C)c3oc(=O)c(CCC(=O)NCCC4=CCCCC4)c(C)c3cc2c1C. The van der Waals surface area contributed by atoms with Crippen LogP contribution in [0.3, 0.4) is 0 Å². The molecule has 1 amide bonds. The van der Waals surface area contributed by atoms with E-state index >= 15 is 0 Å². The largest absolute Gasteiger partial charge is 0.461 e. The maximum atomic E-state index is 12.7. The smallest absolute Gasteiger partial charge is 0.339 e. The summed E-state index contributed by atoms with van der Waals surface area (Å²) in [5, 5.41) is 4.95. The molecular formula is C26H31NO4. The van der Waals surface area contributed by atoms with Crippen LogP contribution in [0, 0.1) is 27.7 Å². The number of allylic oxidation sites excluding steroid dienone is 1. The molecule has 0 unspecified atom stereocenters. The monoisotopic (exact) mass is 421 g/mol. The lowest BCUT2D eigenvalue weighted by Crippen LogP contribution is -2.26. The van der Waals surface area contributed by atoms with Crippen LogP contribution in [-0.4, -0.2) is 12.5 Å². The second-order valence-electron chi connectivity index (χ2n) is 8.74. The lowest BCUT2D eigenvalue weighted by molar-refractivity contribution is -0.121. The van der Waals surface area contributed by atoms with Crippen molar-refractivity contribution in [2.75, 3.05) is 6.54 Å². The zero-order chi connectivity index (χ0) is 22.1. The van der Waals surface area contributed by atoms with E-state index in [0.717, 1.165) is 58.1 Å². The number of aryl methyl sites for hydroxylation is 4. The average molecular weight is 422 g/mol. The van der Waals surface area contributed by atoms with E-state index in [1.807, 2.05) is 33.8 Å². The predicted molar refractivity (Wildman–Crippen MR) is 124 cm³/mol. The lowest BCUT2D eigenvalue weighted by Gasteiger charge is -2.13. The van der Waals surface area contributed by atoms with Crippen molar-refractivity contribution >= 4 is 27.8 Å². The third kappa shape index (κ3) is 4.18. The summed E-state index contributed by atoms with van der Waals surface area (Å²) in [5.74, 6) is 0.845. The Kier molecular flexibility index (Phi) is 6.03. The topological polar surface area (TPSA) is 72.5 Å². The number of nitrogens with one attached hydrogen (secondary N) is 1. The number of fused-ring (bicyclic) bond motifs is 2. The third-order valence-corrected chi connectivity index (χ3v) is 6.70. The Hall–Kier alpha value is -2.82. The fraction of sp³-hybridized carbons (Fsp3) is 0.462. The molecule has 2 heterocycles. The van der Waals surface area contributed by atoms with Crippen LogP contribution in [0.1, 0.15) is 66.5 Å². The van der Waals surface area contributed by atoms with Gasteiger partial charge in [-0.25, -0.2) is 4.79 Å². The maximum Gasteiger partial charge on any atom is 0.339 e. The first-order chi connectivity index (χ1) is 14.9. The molecule has 4 rings (SSSR count). The van der Waals surface area contributed by atoms with Crippen LogP contribution >= 0.6 is 0 Å². The van der Waals surface area contributed by atoms with Crippen LogP contribution in [0.25, 0.3) is 21.9 Å². The lowest BCUT2D eigenvalue weighted by atomic mass is 9.97. The fourth-order valence-corrected chi connectivity index (χ4v) is 4.60. The Morgan fingerprint density at radius 1 is 0.968 bits per heavy atom. The molecule has 1 aliphatic rings. The van der Waals surface area contributed by atoms with Gasteiger partial charge in [0.15, 0.2) is 0 Å². The van der Waals surface area contributed by atoms with Gasteiger partial charge in [0.05, 0.1) is 0 Å². The van der Waals surface area contributed by atoms with Crippen LogP contribution in [0.4, 0.5) is 0 Å². The summed E-state index contributed by atoms with van der Waals surface area (Å²) in [7, 11) is 0. The Balaban J connectivity index is 1.51. The molecule has 0 fully saturated rings. The normalized spacial score (nSPS) is 14.3. The third-order valence-electron chi connectivity index (χ3n) is 6.70. The highest BCUT2D eigenvalue weighted by Gasteiger charge is 2.19. The minimum atomic E-state index is -0.368. The standard InChI is InChI=1S/C26H31NO4/c1-15-18(4)30-24-17(3)25-22(14-21(15)24)16(2)20(26(29)31-25)10-11-23(28)27-13-12-19-8-6-5-7-9-19/h8,14H,5-7,9-13H2,1-4H3,(H,27,28). The van der Waals surface area contributed by atoms with Crippen molar-refractivity contribution in [3.8, 4) is 0 Å². The van der Waals surface area contributed by atoms with Crippen molar-refractivity contribution in [2.24, 2.45) is 0 Å². The second-order valence-corrected chi connectivity index (χ2v) is 8.74. The van der Waals surface area contributed by atoms with Crippen LogP contribution in [0.15, 0.2) is 31.3 Å². The Morgan fingerprint density at radius 3 is 2.45 bits per heavy atom.